The lowest BCUT2D eigenvalue weighted by Gasteiger charge is -2.33. The molecule has 0 aliphatic carbocycles. The van der Waals surface area contributed by atoms with E-state index in [1.807, 2.05) is 0 Å². The van der Waals surface area contributed by atoms with Gasteiger partial charge in [0.15, 0.2) is 11.2 Å². The van der Waals surface area contributed by atoms with Crippen molar-refractivity contribution in [1.29, 1.82) is 0 Å². The summed E-state index contributed by atoms with van der Waals surface area (Å²) in [6.45, 7) is 2.09. The normalized spacial score (nSPS) is 18.0. The van der Waals surface area contributed by atoms with Crippen molar-refractivity contribution in [3.8, 4) is 5.75 Å². The summed E-state index contributed by atoms with van der Waals surface area (Å²) in [6, 6.07) is 0.604. The van der Waals surface area contributed by atoms with E-state index in [9.17, 15) is 34.1 Å². The quantitative estimate of drug-likeness (QED) is 0.148. The van der Waals surface area contributed by atoms with Crippen LogP contribution in [-0.2, 0) is 20.8 Å². The van der Waals surface area contributed by atoms with Gasteiger partial charge in [0.1, 0.15) is 11.3 Å². The number of imide groups is 1. The number of urea groups is 1. The van der Waals surface area contributed by atoms with E-state index in [4.69, 9.17) is 10.4 Å². The number of benzene rings is 1. The van der Waals surface area contributed by atoms with E-state index in [0.29, 0.717) is 17.0 Å². The first-order valence-corrected chi connectivity index (χ1v) is 12.7. The third-order valence-corrected chi connectivity index (χ3v) is 7.15. The summed E-state index contributed by atoms with van der Waals surface area (Å²) in [5.41, 5.74) is 5.97. The molecule has 1 unspecified atom stereocenters. The number of thiol groups is 1. The number of carboxylic acids is 1. The minimum atomic E-state index is -1.63. The Hall–Kier alpha value is -3.83. The number of aromatic nitrogens is 1. The Morgan fingerprint density at radius 3 is 2.68 bits per heavy atom. The highest BCUT2D eigenvalue weighted by Crippen LogP contribution is 2.34. The second-order valence-electron chi connectivity index (χ2n) is 8.42. The van der Waals surface area contributed by atoms with Crippen LogP contribution in [0.1, 0.15) is 34.6 Å². The standard InChI is InChI=1S/C21H23BN6O8S2/c1-2-27-5-6-28(18(31)17(27)30)21(34)26-14(10-8-38-20(23)24-10)16(29)25-12-7-9-3-4-11(37)13(19(32)33)15(9)36-22(12)35/h3-4,8,12,14,35,37H,2,5-7H2,1H3,(H2,23,24)(H,25,29)(H,26,34)(H,32,33)/t12-,14?/m0/s1. The fraction of sp³-hybridized carbons (Fsp3) is 0.333. The number of anilines is 1. The fourth-order valence-corrected chi connectivity index (χ4v) is 4.99. The van der Waals surface area contributed by atoms with Crippen LogP contribution < -0.4 is 21.0 Å². The number of fused-ring (bicyclic) bond motifs is 1. The molecule has 0 radical (unpaired) electrons. The molecule has 38 heavy (non-hydrogen) atoms. The van der Waals surface area contributed by atoms with Crippen LogP contribution in [0.4, 0.5) is 9.93 Å². The minimum absolute atomic E-state index is 0.00239. The van der Waals surface area contributed by atoms with Crippen LogP contribution in [0.15, 0.2) is 22.4 Å². The smallest absolute Gasteiger partial charge is 0.534 e. The van der Waals surface area contributed by atoms with Crippen LogP contribution >= 0.6 is 24.0 Å². The molecule has 1 aromatic carbocycles. The first kappa shape index (κ1) is 27.2. The molecule has 2 aliphatic rings. The van der Waals surface area contributed by atoms with E-state index in [1.54, 1.807) is 13.0 Å². The molecule has 0 saturated carbocycles. The zero-order valence-electron chi connectivity index (χ0n) is 19.9. The lowest BCUT2D eigenvalue weighted by atomic mass is 9.72. The van der Waals surface area contributed by atoms with Crippen LogP contribution in [0.2, 0.25) is 0 Å². The summed E-state index contributed by atoms with van der Waals surface area (Å²) in [7, 11) is -1.63. The van der Waals surface area contributed by atoms with Gasteiger partial charge in [0.05, 0.1) is 11.6 Å². The van der Waals surface area contributed by atoms with Crippen molar-refractivity contribution in [1.82, 2.24) is 25.4 Å². The van der Waals surface area contributed by atoms with Gasteiger partial charge in [-0.25, -0.2) is 14.6 Å². The molecule has 1 saturated heterocycles. The summed E-state index contributed by atoms with van der Waals surface area (Å²) >= 11 is 5.14. The summed E-state index contributed by atoms with van der Waals surface area (Å²) in [6.07, 6.45) is 0.00239. The number of rotatable bonds is 6. The van der Waals surface area contributed by atoms with E-state index in [1.165, 1.54) is 16.3 Å². The van der Waals surface area contributed by atoms with Crippen LogP contribution in [-0.4, -0.2) is 87.3 Å². The number of hydrogen-bond donors (Lipinski definition) is 6. The molecule has 4 rings (SSSR count). The third kappa shape index (κ3) is 5.25. The second kappa shape index (κ2) is 10.9. The molecule has 200 valence electrons. The Labute approximate surface area is 225 Å². The maximum absolute atomic E-state index is 13.3. The molecule has 1 aromatic heterocycles. The van der Waals surface area contributed by atoms with Crippen molar-refractivity contribution in [3.63, 3.8) is 0 Å². The van der Waals surface area contributed by atoms with Gasteiger partial charge in [-0.1, -0.05) is 6.07 Å². The topological polar surface area (TPSA) is 204 Å². The highest BCUT2D eigenvalue weighted by atomic mass is 32.1. The van der Waals surface area contributed by atoms with E-state index >= 15 is 0 Å². The molecular formula is C21H23BN6O8S2. The predicted octanol–water partition coefficient (Wildman–Crippen LogP) is -0.707. The monoisotopic (exact) mass is 562 g/mol. The summed E-state index contributed by atoms with van der Waals surface area (Å²) in [4.78, 5) is 68.8. The number of thiazole rings is 1. The van der Waals surface area contributed by atoms with E-state index in [0.717, 1.165) is 11.3 Å². The number of piperazine rings is 1. The maximum atomic E-state index is 13.3. The molecule has 2 aliphatic heterocycles. The average Bonchev–Trinajstić information content (AvgIpc) is 3.30. The number of hydrogen-bond acceptors (Lipinski definition) is 11. The van der Waals surface area contributed by atoms with Crippen molar-refractivity contribution < 1.29 is 38.8 Å². The van der Waals surface area contributed by atoms with Gasteiger partial charge in [0, 0.05) is 29.9 Å². The number of carbonyl (C=O) groups is 5. The number of likely N-dealkylation sites (N-methyl/N-ethyl adjacent to an activating group) is 1. The molecule has 2 atom stereocenters. The third-order valence-electron chi connectivity index (χ3n) is 6.08. The van der Waals surface area contributed by atoms with Crippen LogP contribution in [0.5, 0.6) is 5.75 Å². The van der Waals surface area contributed by atoms with Crippen LogP contribution in [0.3, 0.4) is 0 Å². The van der Waals surface area contributed by atoms with Crippen molar-refractivity contribution in [2.45, 2.75) is 30.2 Å². The first-order chi connectivity index (χ1) is 18.0. The zero-order valence-corrected chi connectivity index (χ0v) is 21.6. The zero-order chi connectivity index (χ0) is 27.7. The minimum Gasteiger partial charge on any atom is -0.534 e. The van der Waals surface area contributed by atoms with Gasteiger partial charge < -0.3 is 36.1 Å². The highest BCUT2D eigenvalue weighted by molar-refractivity contribution is 7.80. The van der Waals surface area contributed by atoms with E-state index in [-0.39, 0.29) is 46.5 Å². The van der Waals surface area contributed by atoms with Crippen molar-refractivity contribution in [2.24, 2.45) is 0 Å². The number of nitrogen functional groups attached to an aromatic ring is 1. The number of nitrogens with one attached hydrogen (secondary N) is 2. The summed E-state index contributed by atoms with van der Waals surface area (Å²) < 4.78 is 5.43. The summed E-state index contributed by atoms with van der Waals surface area (Å²) in [5.74, 6) is -5.06. The highest BCUT2D eigenvalue weighted by Gasteiger charge is 2.41. The van der Waals surface area contributed by atoms with Gasteiger partial charge in [0.25, 0.3) is 0 Å². The lowest BCUT2D eigenvalue weighted by Crippen LogP contribution is -2.60. The van der Waals surface area contributed by atoms with Crippen molar-refractivity contribution >= 4 is 65.9 Å². The Balaban J connectivity index is 1.54. The molecule has 1 fully saturated rings. The molecule has 2 aromatic rings. The molecule has 0 spiro atoms. The average molecular weight is 562 g/mol. The molecule has 14 nitrogen and oxygen atoms in total. The Morgan fingerprint density at radius 2 is 2.05 bits per heavy atom. The lowest BCUT2D eigenvalue weighted by molar-refractivity contribution is -0.153. The van der Waals surface area contributed by atoms with E-state index in [2.05, 4.69) is 28.2 Å². The second-order valence-corrected chi connectivity index (χ2v) is 9.79. The van der Waals surface area contributed by atoms with Crippen molar-refractivity contribution in [2.75, 3.05) is 25.4 Å². The number of nitrogens with zero attached hydrogens (tertiary/aromatic N) is 3. The molecule has 17 heteroatoms. The molecule has 6 N–H and O–H groups in total. The predicted molar refractivity (Wildman–Crippen MR) is 137 cm³/mol. The largest absolute Gasteiger partial charge is 0.547 e. The molecule has 3 heterocycles. The van der Waals surface area contributed by atoms with Crippen LogP contribution in [0.25, 0.3) is 0 Å². The van der Waals surface area contributed by atoms with Gasteiger partial charge >= 0.3 is 30.9 Å². The number of carboxylic acid groups (broad SMARTS) is 1. The maximum Gasteiger partial charge on any atom is 0.547 e. The number of amides is 5. The fourth-order valence-electron chi connectivity index (χ4n) is 4.12. The van der Waals surface area contributed by atoms with Crippen LogP contribution in [0, 0.1) is 0 Å². The van der Waals surface area contributed by atoms with Gasteiger partial charge in [-0.2, -0.15) is 0 Å². The number of nitrogens with two attached hydrogens (primary N) is 1. The Morgan fingerprint density at radius 1 is 1.32 bits per heavy atom. The molecular weight excluding hydrogens is 539 g/mol. The first-order valence-electron chi connectivity index (χ1n) is 11.4. The van der Waals surface area contributed by atoms with Gasteiger partial charge in [-0.05, 0) is 25.0 Å². The Bertz CT molecular complexity index is 1320. The molecule has 0 bridgehead atoms. The SMILES string of the molecule is CCN1CCN(C(=O)NC(C(=O)N[C@H]2Cc3ccc(S)c(C(=O)O)c3OB2O)c2csc(N)n2)C(=O)C1=O. The Kier molecular flexibility index (Phi) is 7.79. The van der Waals surface area contributed by atoms with E-state index < -0.39 is 48.8 Å². The van der Waals surface area contributed by atoms with Gasteiger partial charge in [0.2, 0.25) is 5.91 Å². The number of carbonyl (C=O) groups excluding carboxylic acids is 4. The van der Waals surface area contributed by atoms with Crippen molar-refractivity contribution in [3.05, 3.63) is 34.3 Å². The van der Waals surface area contributed by atoms with Gasteiger partial charge in [-0.3, -0.25) is 19.3 Å². The summed E-state index contributed by atoms with van der Waals surface area (Å²) in [5, 5.41) is 26.6. The van der Waals surface area contributed by atoms with Gasteiger partial charge in [-0.15, -0.1) is 24.0 Å². The number of aromatic carboxylic acids is 1. The molecule has 5 amide bonds.